The van der Waals surface area contributed by atoms with Crippen LogP contribution in [0, 0.1) is 0 Å². The van der Waals surface area contributed by atoms with E-state index in [4.69, 9.17) is 9.47 Å². The van der Waals surface area contributed by atoms with Gasteiger partial charge in [0.15, 0.2) is 11.5 Å². The van der Waals surface area contributed by atoms with Crippen LogP contribution in [-0.4, -0.2) is 36.9 Å². The molecule has 0 spiro atoms. The number of benzene rings is 1. The van der Waals surface area contributed by atoms with E-state index in [-0.39, 0.29) is 19.3 Å². The number of carbonyl (C=O) groups is 2. The lowest BCUT2D eigenvalue weighted by atomic mass is 9.95. The summed E-state index contributed by atoms with van der Waals surface area (Å²) in [5.74, 6) is -0.140. The van der Waals surface area contributed by atoms with Crippen LogP contribution < -0.4 is 20.1 Å². The molecule has 26 heavy (non-hydrogen) atoms. The van der Waals surface area contributed by atoms with E-state index in [2.05, 4.69) is 10.6 Å². The summed E-state index contributed by atoms with van der Waals surface area (Å²) in [4.78, 5) is 24.0. The maximum Gasteiger partial charge on any atom is 0.313 e. The number of nitrogens with one attached hydrogen (secondary N) is 2. The lowest BCUT2D eigenvalue weighted by molar-refractivity contribution is -0.136. The summed E-state index contributed by atoms with van der Waals surface area (Å²) in [5, 5.41) is 18.4. The van der Waals surface area contributed by atoms with Gasteiger partial charge in [0.25, 0.3) is 0 Å². The first-order chi connectivity index (χ1) is 12.7. The number of hydrogen-bond acceptors (Lipinski definition) is 6. The van der Waals surface area contributed by atoms with Crippen LogP contribution in [0.2, 0.25) is 0 Å². The average Bonchev–Trinajstić information content (AvgIpc) is 3.32. The summed E-state index contributed by atoms with van der Waals surface area (Å²) in [5.41, 5.74) is 1.61. The molecular formula is C18H20N2O5S. The number of fused-ring (bicyclic) bond motifs is 1. The van der Waals surface area contributed by atoms with Gasteiger partial charge in [0.1, 0.15) is 0 Å². The molecule has 0 unspecified atom stereocenters. The molecule has 2 amide bonds. The highest BCUT2D eigenvalue weighted by molar-refractivity contribution is 7.07. The van der Waals surface area contributed by atoms with E-state index in [0.29, 0.717) is 36.6 Å². The van der Waals surface area contributed by atoms with Crippen molar-refractivity contribution < 1.29 is 24.2 Å². The van der Waals surface area contributed by atoms with Crippen molar-refractivity contribution in [1.29, 1.82) is 0 Å². The van der Waals surface area contributed by atoms with E-state index in [9.17, 15) is 14.7 Å². The highest BCUT2D eigenvalue weighted by atomic mass is 32.1. The lowest BCUT2D eigenvalue weighted by Gasteiger charge is -2.15. The zero-order valence-corrected chi connectivity index (χ0v) is 14.9. The Balaban J connectivity index is 1.47. The number of ether oxygens (including phenoxy) is 2. The SMILES string of the molecule is O=C(NCC[C@H](CCO)c1ccsc1)C(=O)Nc1ccc2c(c1)OCO2. The summed E-state index contributed by atoms with van der Waals surface area (Å²) >= 11 is 1.60. The largest absolute Gasteiger partial charge is 0.454 e. The molecule has 7 nitrogen and oxygen atoms in total. The molecule has 0 fully saturated rings. The Hall–Kier alpha value is -2.58. The monoisotopic (exact) mass is 376 g/mol. The first-order valence-electron chi connectivity index (χ1n) is 8.29. The number of anilines is 1. The van der Waals surface area contributed by atoms with Crippen LogP contribution in [0.4, 0.5) is 5.69 Å². The van der Waals surface area contributed by atoms with E-state index in [1.54, 1.807) is 29.5 Å². The van der Waals surface area contributed by atoms with E-state index in [0.717, 1.165) is 5.56 Å². The molecular weight excluding hydrogens is 356 g/mol. The van der Waals surface area contributed by atoms with Gasteiger partial charge in [0, 0.05) is 24.9 Å². The van der Waals surface area contributed by atoms with Crippen molar-refractivity contribution in [3.63, 3.8) is 0 Å². The molecule has 1 aromatic heterocycles. The quantitative estimate of drug-likeness (QED) is 0.643. The molecule has 0 saturated carbocycles. The van der Waals surface area contributed by atoms with Crippen LogP contribution in [-0.2, 0) is 9.59 Å². The normalized spacial score (nSPS) is 13.3. The van der Waals surface area contributed by atoms with Crippen molar-refractivity contribution in [2.45, 2.75) is 18.8 Å². The Kier molecular flexibility index (Phi) is 6.08. The van der Waals surface area contributed by atoms with Crippen LogP contribution in [0.15, 0.2) is 35.0 Å². The molecule has 138 valence electrons. The van der Waals surface area contributed by atoms with Crippen LogP contribution in [0.25, 0.3) is 0 Å². The molecule has 2 heterocycles. The first kappa shape index (κ1) is 18.2. The number of thiophene rings is 1. The Morgan fingerprint density at radius 2 is 2.00 bits per heavy atom. The molecule has 2 aromatic rings. The fourth-order valence-corrected chi connectivity index (χ4v) is 3.49. The Morgan fingerprint density at radius 1 is 1.15 bits per heavy atom. The topological polar surface area (TPSA) is 96.9 Å². The molecule has 1 aliphatic heterocycles. The molecule has 0 saturated heterocycles. The number of aliphatic hydroxyl groups is 1. The zero-order chi connectivity index (χ0) is 18.4. The van der Waals surface area contributed by atoms with Gasteiger partial charge in [-0.25, -0.2) is 0 Å². The minimum atomic E-state index is -0.738. The number of carbonyl (C=O) groups excluding carboxylic acids is 2. The predicted octanol–water partition coefficient (Wildman–Crippen LogP) is 2.09. The second kappa shape index (κ2) is 8.68. The standard InChI is InChI=1S/C18H20N2O5S/c21-7-4-12(13-5-8-26-10-13)3-6-19-17(22)18(23)20-14-1-2-15-16(9-14)25-11-24-15/h1-2,5,8-10,12,21H,3-4,6-7,11H2,(H,19,22)(H,20,23)/t12-/m1/s1. The molecule has 0 aliphatic carbocycles. The van der Waals surface area contributed by atoms with E-state index in [1.807, 2.05) is 16.8 Å². The Morgan fingerprint density at radius 3 is 2.77 bits per heavy atom. The van der Waals surface area contributed by atoms with Gasteiger partial charge < -0.3 is 25.2 Å². The van der Waals surface area contributed by atoms with Gasteiger partial charge >= 0.3 is 11.8 Å². The van der Waals surface area contributed by atoms with Crippen LogP contribution >= 0.6 is 11.3 Å². The fraction of sp³-hybridized carbons (Fsp3) is 0.333. The highest BCUT2D eigenvalue weighted by Crippen LogP contribution is 2.34. The second-order valence-corrected chi connectivity index (χ2v) is 6.61. The summed E-state index contributed by atoms with van der Waals surface area (Å²) in [6.45, 7) is 0.583. The number of amides is 2. The molecule has 0 radical (unpaired) electrons. The number of hydrogen-bond donors (Lipinski definition) is 3. The van der Waals surface area contributed by atoms with Crippen molar-refractivity contribution in [3.05, 3.63) is 40.6 Å². The van der Waals surface area contributed by atoms with Crippen LogP contribution in [0.3, 0.4) is 0 Å². The average molecular weight is 376 g/mol. The van der Waals surface area contributed by atoms with Gasteiger partial charge in [0.05, 0.1) is 0 Å². The fourth-order valence-electron chi connectivity index (χ4n) is 2.74. The van der Waals surface area contributed by atoms with Gasteiger partial charge in [-0.05, 0) is 53.3 Å². The van der Waals surface area contributed by atoms with E-state index < -0.39 is 11.8 Å². The van der Waals surface area contributed by atoms with Crippen molar-refractivity contribution >= 4 is 28.8 Å². The van der Waals surface area contributed by atoms with Gasteiger partial charge in [-0.1, -0.05) is 0 Å². The summed E-state index contributed by atoms with van der Waals surface area (Å²) < 4.78 is 10.4. The van der Waals surface area contributed by atoms with Gasteiger partial charge in [-0.15, -0.1) is 0 Å². The Labute approximate surface area is 154 Å². The smallest absolute Gasteiger partial charge is 0.313 e. The lowest BCUT2D eigenvalue weighted by Crippen LogP contribution is -2.36. The molecule has 3 N–H and O–H groups in total. The van der Waals surface area contributed by atoms with Crippen molar-refractivity contribution in [2.75, 3.05) is 25.3 Å². The van der Waals surface area contributed by atoms with Crippen LogP contribution in [0.1, 0.15) is 24.3 Å². The van der Waals surface area contributed by atoms with Gasteiger partial charge in [-0.2, -0.15) is 11.3 Å². The molecule has 1 atom stereocenters. The summed E-state index contributed by atoms with van der Waals surface area (Å²) in [6, 6.07) is 6.95. The van der Waals surface area contributed by atoms with Crippen molar-refractivity contribution in [2.24, 2.45) is 0 Å². The van der Waals surface area contributed by atoms with Crippen molar-refractivity contribution in [3.8, 4) is 11.5 Å². The van der Waals surface area contributed by atoms with E-state index in [1.165, 1.54) is 0 Å². The predicted molar refractivity (Wildman–Crippen MR) is 97.6 cm³/mol. The number of aliphatic hydroxyl groups excluding tert-OH is 1. The van der Waals surface area contributed by atoms with Gasteiger partial charge in [0.2, 0.25) is 6.79 Å². The molecule has 1 aromatic carbocycles. The second-order valence-electron chi connectivity index (χ2n) is 5.83. The summed E-state index contributed by atoms with van der Waals surface area (Å²) in [6.07, 6.45) is 1.27. The zero-order valence-electron chi connectivity index (χ0n) is 14.1. The maximum absolute atomic E-state index is 12.0. The third-order valence-electron chi connectivity index (χ3n) is 4.11. The molecule has 8 heteroatoms. The summed E-state index contributed by atoms with van der Waals surface area (Å²) in [7, 11) is 0. The minimum absolute atomic E-state index is 0.0824. The Bertz CT molecular complexity index is 763. The van der Waals surface area contributed by atoms with Gasteiger partial charge in [-0.3, -0.25) is 9.59 Å². The molecule has 0 bridgehead atoms. The third kappa shape index (κ3) is 4.53. The van der Waals surface area contributed by atoms with E-state index >= 15 is 0 Å². The minimum Gasteiger partial charge on any atom is -0.454 e. The first-order valence-corrected chi connectivity index (χ1v) is 9.23. The van der Waals surface area contributed by atoms with Crippen molar-refractivity contribution in [1.82, 2.24) is 5.32 Å². The molecule has 3 rings (SSSR count). The molecule has 1 aliphatic rings. The van der Waals surface area contributed by atoms with Crippen LogP contribution in [0.5, 0.6) is 11.5 Å². The maximum atomic E-state index is 12.0. The number of rotatable bonds is 7. The third-order valence-corrected chi connectivity index (χ3v) is 4.81. The highest BCUT2D eigenvalue weighted by Gasteiger charge is 2.18.